The Bertz CT molecular complexity index is 775. The molecule has 0 aliphatic heterocycles. The highest BCUT2D eigenvalue weighted by atomic mass is 32.2. The first-order chi connectivity index (χ1) is 11.7. The monoisotopic (exact) mass is 369 g/mol. The zero-order valence-electron chi connectivity index (χ0n) is 15.3. The topological polar surface area (TPSA) is 79.7 Å². The van der Waals surface area contributed by atoms with Crippen molar-refractivity contribution in [1.29, 1.82) is 0 Å². The Hall–Kier alpha value is -1.67. The van der Waals surface area contributed by atoms with Gasteiger partial charge in [-0.2, -0.15) is 4.31 Å². The molecule has 1 saturated carbocycles. The van der Waals surface area contributed by atoms with Gasteiger partial charge in [0.05, 0.1) is 4.90 Å². The smallest absolute Gasteiger partial charge is 0.251 e. The lowest BCUT2D eigenvalue weighted by atomic mass is 10.3. The molecule has 25 heavy (non-hydrogen) atoms. The van der Waals surface area contributed by atoms with Gasteiger partial charge in [-0.3, -0.25) is 9.59 Å². The first kappa shape index (κ1) is 19.7. The van der Waals surface area contributed by atoms with Gasteiger partial charge in [0, 0.05) is 37.4 Å². The molecule has 1 amide bonds. The molecule has 1 heterocycles. The molecule has 0 aromatic carbocycles. The molecule has 1 fully saturated rings. The van der Waals surface area contributed by atoms with Crippen LogP contribution in [-0.2, 0) is 21.4 Å². The van der Waals surface area contributed by atoms with Crippen LogP contribution in [0.4, 0.5) is 0 Å². The Kier molecular flexibility index (Phi) is 6.05. The maximum Gasteiger partial charge on any atom is 0.251 e. The lowest BCUT2D eigenvalue weighted by Gasteiger charge is -2.27. The van der Waals surface area contributed by atoms with Crippen LogP contribution in [0.25, 0.3) is 0 Å². The number of hydrogen-bond acceptors (Lipinski definition) is 4. The van der Waals surface area contributed by atoms with Gasteiger partial charge in [0.15, 0.2) is 0 Å². The lowest BCUT2D eigenvalue weighted by Crippen LogP contribution is -2.42. The molecule has 1 aromatic rings. The van der Waals surface area contributed by atoms with Gasteiger partial charge in [-0.05, 0) is 32.8 Å². The summed E-state index contributed by atoms with van der Waals surface area (Å²) in [7, 11) is -3.67. The van der Waals surface area contributed by atoms with E-state index < -0.39 is 10.0 Å². The Morgan fingerprint density at radius 3 is 2.32 bits per heavy atom. The minimum atomic E-state index is -3.67. The van der Waals surface area contributed by atoms with E-state index in [1.54, 1.807) is 18.7 Å². The number of aromatic nitrogens is 1. The van der Waals surface area contributed by atoms with Crippen molar-refractivity contribution >= 4 is 15.9 Å². The molecule has 1 aromatic heterocycles. The van der Waals surface area contributed by atoms with Gasteiger partial charge < -0.3 is 9.47 Å². The summed E-state index contributed by atoms with van der Waals surface area (Å²) in [5.41, 5.74) is -0.383. The van der Waals surface area contributed by atoms with Crippen molar-refractivity contribution in [2.75, 3.05) is 13.1 Å². The van der Waals surface area contributed by atoms with Crippen LogP contribution in [0.5, 0.6) is 0 Å². The SMILES string of the molecule is CCN(CC)S(=O)(=O)c1ccc(=O)n(CC(=O)N(C(C)C)C2CC2)c1. The van der Waals surface area contributed by atoms with Crippen LogP contribution < -0.4 is 5.56 Å². The van der Waals surface area contributed by atoms with E-state index in [-0.39, 0.29) is 35.0 Å². The molecule has 1 aliphatic rings. The number of amides is 1. The third kappa shape index (κ3) is 4.30. The highest BCUT2D eigenvalue weighted by molar-refractivity contribution is 7.89. The largest absolute Gasteiger partial charge is 0.336 e. The molecule has 7 nitrogen and oxygen atoms in total. The third-order valence-corrected chi connectivity index (χ3v) is 6.42. The summed E-state index contributed by atoms with van der Waals surface area (Å²) in [5.74, 6) is -0.156. The second kappa shape index (κ2) is 7.70. The predicted molar refractivity (Wildman–Crippen MR) is 95.8 cm³/mol. The summed E-state index contributed by atoms with van der Waals surface area (Å²) in [4.78, 5) is 26.5. The summed E-state index contributed by atoms with van der Waals surface area (Å²) in [6.45, 7) is 7.96. The number of carbonyl (C=O) groups excluding carboxylic acids is 1. The molecule has 0 atom stereocenters. The quantitative estimate of drug-likeness (QED) is 0.691. The van der Waals surface area contributed by atoms with Crippen molar-refractivity contribution in [2.24, 2.45) is 0 Å². The van der Waals surface area contributed by atoms with Crippen LogP contribution in [-0.4, -0.2) is 53.3 Å². The molecule has 0 bridgehead atoms. The Balaban J connectivity index is 2.30. The van der Waals surface area contributed by atoms with Crippen molar-refractivity contribution in [1.82, 2.24) is 13.8 Å². The highest BCUT2D eigenvalue weighted by Crippen LogP contribution is 2.28. The van der Waals surface area contributed by atoms with Crippen molar-refractivity contribution in [3.05, 3.63) is 28.7 Å². The molecular weight excluding hydrogens is 342 g/mol. The summed E-state index contributed by atoms with van der Waals surface area (Å²) < 4.78 is 27.8. The second-order valence-electron chi connectivity index (χ2n) is 6.55. The van der Waals surface area contributed by atoms with Crippen LogP contribution in [0.1, 0.15) is 40.5 Å². The number of nitrogens with zero attached hydrogens (tertiary/aromatic N) is 3. The fraction of sp³-hybridized carbons (Fsp3) is 0.647. The van der Waals surface area contributed by atoms with Crippen molar-refractivity contribution in [3.63, 3.8) is 0 Å². The number of carbonyl (C=O) groups is 1. The molecule has 8 heteroatoms. The van der Waals surface area contributed by atoms with Crippen LogP contribution in [0, 0.1) is 0 Å². The molecular formula is C17H27N3O4S. The third-order valence-electron chi connectivity index (χ3n) is 4.39. The molecule has 1 aliphatic carbocycles. The molecule has 0 saturated heterocycles. The normalized spacial score (nSPS) is 15.0. The standard InChI is InChI=1S/C17H27N3O4S/c1-5-19(6-2)25(23,24)15-9-10-16(21)18(11-15)12-17(22)20(13(3)4)14-7-8-14/h9-11,13-14H,5-8,12H2,1-4H3. The Labute approximate surface area is 149 Å². The van der Waals surface area contributed by atoms with Crippen LogP contribution >= 0.6 is 0 Å². The first-order valence-corrected chi connectivity index (χ1v) is 10.2. The van der Waals surface area contributed by atoms with Gasteiger partial charge in [0.1, 0.15) is 6.54 Å². The maximum atomic E-state index is 12.6. The Morgan fingerprint density at radius 1 is 1.24 bits per heavy atom. The van der Waals surface area contributed by atoms with Gasteiger partial charge in [0.25, 0.3) is 5.56 Å². The minimum Gasteiger partial charge on any atom is -0.336 e. The Morgan fingerprint density at radius 2 is 1.84 bits per heavy atom. The summed E-state index contributed by atoms with van der Waals surface area (Å²) in [6, 6.07) is 2.81. The van der Waals surface area contributed by atoms with E-state index in [9.17, 15) is 18.0 Å². The molecule has 0 spiro atoms. The molecule has 140 valence electrons. The van der Waals surface area contributed by atoms with Crippen LogP contribution in [0.2, 0.25) is 0 Å². The zero-order chi connectivity index (χ0) is 18.8. The van der Waals surface area contributed by atoms with Gasteiger partial charge >= 0.3 is 0 Å². The van der Waals surface area contributed by atoms with Crippen molar-refractivity contribution in [2.45, 2.75) is 64.1 Å². The fourth-order valence-electron chi connectivity index (χ4n) is 2.99. The van der Waals surface area contributed by atoms with E-state index >= 15 is 0 Å². The summed E-state index contributed by atoms with van der Waals surface area (Å²) >= 11 is 0. The molecule has 0 N–H and O–H groups in total. The van der Waals surface area contributed by atoms with Crippen LogP contribution in [0.3, 0.4) is 0 Å². The van der Waals surface area contributed by atoms with Crippen LogP contribution in [0.15, 0.2) is 28.0 Å². The molecule has 0 radical (unpaired) electrons. The van der Waals surface area contributed by atoms with Gasteiger partial charge in [-0.1, -0.05) is 13.8 Å². The average molecular weight is 369 g/mol. The lowest BCUT2D eigenvalue weighted by molar-refractivity contribution is -0.134. The van der Waals surface area contributed by atoms with Crippen molar-refractivity contribution < 1.29 is 13.2 Å². The summed E-state index contributed by atoms with van der Waals surface area (Å²) in [5, 5.41) is 0. The van der Waals surface area contributed by atoms with Gasteiger partial charge in [-0.25, -0.2) is 8.42 Å². The fourth-order valence-corrected chi connectivity index (χ4v) is 4.47. The minimum absolute atomic E-state index is 0.0334. The zero-order valence-corrected chi connectivity index (χ0v) is 16.1. The number of rotatable bonds is 8. The van der Waals surface area contributed by atoms with Crippen molar-refractivity contribution in [3.8, 4) is 0 Å². The number of sulfonamides is 1. The van der Waals surface area contributed by atoms with E-state index in [0.717, 1.165) is 12.8 Å². The highest BCUT2D eigenvalue weighted by Gasteiger charge is 2.34. The number of pyridine rings is 1. The summed E-state index contributed by atoms with van der Waals surface area (Å²) in [6.07, 6.45) is 3.24. The predicted octanol–water partition coefficient (Wildman–Crippen LogP) is 1.28. The van der Waals surface area contributed by atoms with E-state index in [1.807, 2.05) is 13.8 Å². The van der Waals surface area contributed by atoms with Gasteiger partial charge in [0.2, 0.25) is 15.9 Å². The first-order valence-electron chi connectivity index (χ1n) is 8.74. The number of hydrogen-bond donors (Lipinski definition) is 0. The van der Waals surface area contributed by atoms with E-state index in [2.05, 4.69) is 0 Å². The molecule has 2 rings (SSSR count). The molecule has 0 unspecified atom stereocenters. The van der Waals surface area contributed by atoms with Gasteiger partial charge in [-0.15, -0.1) is 0 Å². The van der Waals surface area contributed by atoms with E-state index in [1.165, 1.54) is 27.2 Å². The maximum absolute atomic E-state index is 12.6. The van der Waals surface area contributed by atoms with E-state index in [0.29, 0.717) is 13.1 Å². The second-order valence-corrected chi connectivity index (χ2v) is 8.48. The van der Waals surface area contributed by atoms with E-state index in [4.69, 9.17) is 0 Å². The average Bonchev–Trinajstić information content (AvgIpc) is 3.34.